The molecule has 1 aliphatic heterocycles. The first-order valence-corrected chi connectivity index (χ1v) is 29.7. The van der Waals surface area contributed by atoms with Crippen LogP contribution in [-0.4, -0.2) is 61.6 Å². The third kappa shape index (κ3) is 12.4. The number of benzene rings is 2. The van der Waals surface area contributed by atoms with Crippen LogP contribution in [0.5, 0.6) is 11.5 Å². The van der Waals surface area contributed by atoms with E-state index in [0.29, 0.717) is 53.4 Å². The van der Waals surface area contributed by atoms with Gasteiger partial charge in [-0.2, -0.15) is 0 Å². The molecule has 2 aromatic rings. The van der Waals surface area contributed by atoms with Crippen molar-refractivity contribution in [3.8, 4) is 23.0 Å². The Bertz CT molecular complexity index is 1660. The third-order valence-electron chi connectivity index (χ3n) is 13.2. The molecule has 0 saturated carbocycles. The van der Waals surface area contributed by atoms with E-state index in [1.54, 1.807) is 13.4 Å². The van der Waals surface area contributed by atoms with E-state index in [2.05, 4.69) is 99.9 Å². The maximum absolute atomic E-state index is 13.6. The number of esters is 1. The number of cyclic esters (lactones) is 1. The maximum Gasteiger partial charge on any atom is 0.315 e. The van der Waals surface area contributed by atoms with Gasteiger partial charge in [0.1, 0.15) is 31.1 Å². The van der Waals surface area contributed by atoms with Gasteiger partial charge in [-0.05, 0) is 108 Å². The number of rotatable bonds is 22. The van der Waals surface area contributed by atoms with Gasteiger partial charge < -0.3 is 28.4 Å². The van der Waals surface area contributed by atoms with E-state index in [1.165, 1.54) is 0 Å². The first-order valence-electron chi connectivity index (χ1n) is 22.0. The van der Waals surface area contributed by atoms with Crippen molar-refractivity contribution in [2.24, 2.45) is 11.8 Å². The summed E-state index contributed by atoms with van der Waals surface area (Å²) in [5.41, 5.74) is 6.40. The highest BCUT2D eigenvalue weighted by Gasteiger charge is 2.48. The highest BCUT2D eigenvalue weighted by molar-refractivity contribution is 7.80. The summed E-state index contributed by atoms with van der Waals surface area (Å²) in [6, 6.07) is 21.5. The maximum atomic E-state index is 13.6. The van der Waals surface area contributed by atoms with Crippen LogP contribution in [-0.2, 0) is 18.4 Å². The normalized spacial score (nSPS) is 17.6. The first kappa shape index (κ1) is 49.6. The van der Waals surface area contributed by atoms with E-state index in [9.17, 15) is 4.79 Å². The van der Waals surface area contributed by atoms with Gasteiger partial charge in [0.25, 0.3) is 0 Å². The number of thiocarbonyl (C=S) groups is 1. The zero-order chi connectivity index (χ0) is 43.1. The van der Waals surface area contributed by atoms with Gasteiger partial charge in [0.2, 0.25) is 0 Å². The van der Waals surface area contributed by atoms with Gasteiger partial charge in [0, 0.05) is 11.3 Å². The smallest absolute Gasteiger partial charge is 0.315 e. The molecule has 0 spiro atoms. The minimum atomic E-state index is -2.21. The molecule has 0 bridgehead atoms. The molecule has 1 unspecified atom stereocenters. The Hall–Kier alpha value is -2.73. The number of carbonyl (C=O) groups excluding carboxylic acids is 1. The zero-order valence-electron chi connectivity index (χ0n) is 38.1. The van der Waals surface area contributed by atoms with Crippen molar-refractivity contribution in [2.45, 2.75) is 154 Å². The second-order valence-electron chi connectivity index (χ2n) is 17.2. The molecule has 0 aromatic heterocycles. The summed E-state index contributed by atoms with van der Waals surface area (Å²) in [4.78, 5) is 14.0. The molecular formula is C47H75NO6SSi3. The Labute approximate surface area is 361 Å². The van der Waals surface area contributed by atoms with Crippen molar-refractivity contribution in [1.82, 2.24) is 0 Å². The minimum absolute atomic E-state index is 0.0141. The van der Waals surface area contributed by atoms with Crippen LogP contribution in [0.3, 0.4) is 0 Å². The van der Waals surface area contributed by atoms with Crippen LogP contribution < -0.4 is 14.8 Å². The SMILES string of the molecule is CC[Si](CC)(CC)OC[C@](C#C[Si](C(C)C)(C(C)C)C(C)C)(C[C@@H]1COC(=O)C(C(=S)Nc2ccccc2/C=C/Oc2ccc(OC)cc2)C1)O[Si](CC)(CC)CC. The lowest BCUT2D eigenvalue weighted by Gasteiger charge is -2.45. The number of hydrogen-bond acceptors (Lipinski definition) is 7. The molecule has 7 nitrogen and oxygen atoms in total. The predicted octanol–water partition coefficient (Wildman–Crippen LogP) is 13.1. The van der Waals surface area contributed by atoms with Crippen LogP contribution in [0.25, 0.3) is 6.08 Å². The lowest BCUT2D eigenvalue weighted by molar-refractivity contribution is -0.154. The van der Waals surface area contributed by atoms with Crippen LogP contribution >= 0.6 is 12.2 Å². The van der Waals surface area contributed by atoms with Gasteiger partial charge in [-0.1, -0.05) is 119 Å². The van der Waals surface area contributed by atoms with Crippen molar-refractivity contribution < 1.29 is 27.9 Å². The second kappa shape index (κ2) is 22.8. The molecule has 3 atom stereocenters. The summed E-state index contributed by atoms with van der Waals surface area (Å²) in [5, 5.41) is 3.42. The number of methoxy groups -OCH3 is 1. The number of carbonyl (C=O) groups is 1. The van der Waals surface area contributed by atoms with Crippen molar-refractivity contribution in [2.75, 3.05) is 25.6 Å². The van der Waals surface area contributed by atoms with Crippen LogP contribution in [0.2, 0.25) is 52.9 Å². The molecular weight excluding hydrogens is 791 g/mol. The van der Waals surface area contributed by atoms with Gasteiger partial charge in [-0.15, -0.1) is 5.54 Å². The van der Waals surface area contributed by atoms with Gasteiger partial charge in [0.15, 0.2) is 16.6 Å². The standard InChI is InChI=1S/C47H75NO6SSi3/c1-14-56(15-2,16-3)53-35-47(54-57(17-4,18-5)19-6,29-31-58(36(7)8,37(9)10)38(11)12)33-39-32-43(46(49)52-34-39)45(55)48-44-23-21-20-22-40(44)28-30-51-42-26-24-41(50-13)25-27-42/h20-28,30,36-39,43H,14-19,32-35H2,1-13H3,(H,48,55)/b30-28+/t39-,43?,47+/m1/s1. The van der Waals surface area contributed by atoms with Crippen LogP contribution in [0.1, 0.15) is 101 Å². The van der Waals surface area contributed by atoms with Gasteiger partial charge in [-0.25, -0.2) is 0 Å². The lowest BCUT2D eigenvalue weighted by atomic mass is 9.84. The van der Waals surface area contributed by atoms with Gasteiger partial charge in [0.05, 0.1) is 31.6 Å². The molecule has 1 N–H and O–H groups in total. The molecule has 322 valence electrons. The van der Waals surface area contributed by atoms with Crippen molar-refractivity contribution in [3.63, 3.8) is 0 Å². The molecule has 1 saturated heterocycles. The average Bonchev–Trinajstić information content (AvgIpc) is 3.22. The van der Waals surface area contributed by atoms with E-state index in [0.717, 1.165) is 53.3 Å². The van der Waals surface area contributed by atoms with E-state index >= 15 is 0 Å². The summed E-state index contributed by atoms with van der Waals surface area (Å²) in [7, 11) is -4.73. The molecule has 0 amide bonds. The second-order valence-corrected chi connectivity index (χ2v) is 32.7. The fourth-order valence-electron chi connectivity index (χ4n) is 9.04. The molecule has 3 rings (SSSR count). The Morgan fingerprint density at radius 3 is 1.95 bits per heavy atom. The Morgan fingerprint density at radius 1 is 0.862 bits per heavy atom. The van der Waals surface area contributed by atoms with Gasteiger partial charge >= 0.3 is 5.97 Å². The topological polar surface area (TPSA) is 75.3 Å². The van der Waals surface area contributed by atoms with Gasteiger partial charge in [-0.3, -0.25) is 4.79 Å². The van der Waals surface area contributed by atoms with E-state index < -0.39 is 36.2 Å². The minimum Gasteiger partial charge on any atom is -0.497 e. The molecule has 11 heteroatoms. The molecule has 0 radical (unpaired) electrons. The Balaban J connectivity index is 2.05. The molecule has 0 aliphatic carbocycles. The fourth-order valence-corrected chi connectivity index (χ4v) is 20.3. The number of ether oxygens (including phenoxy) is 3. The fraction of sp³-hybridized carbons (Fsp3) is 0.617. The summed E-state index contributed by atoms with van der Waals surface area (Å²) >= 11 is 6.03. The van der Waals surface area contributed by atoms with E-state index in [-0.39, 0.29) is 11.9 Å². The number of anilines is 1. The molecule has 1 aliphatic rings. The molecule has 2 aromatic carbocycles. The largest absolute Gasteiger partial charge is 0.497 e. The Kier molecular flexibility index (Phi) is 19.5. The Morgan fingerprint density at radius 2 is 1.41 bits per heavy atom. The van der Waals surface area contributed by atoms with Crippen LogP contribution in [0, 0.1) is 23.3 Å². The number of nitrogens with one attached hydrogen (secondary N) is 1. The average molecular weight is 866 g/mol. The number of para-hydroxylation sites is 1. The lowest BCUT2D eigenvalue weighted by Crippen LogP contribution is -2.54. The third-order valence-corrected chi connectivity index (χ3v) is 29.2. The highest BCUT2D eigenvalue weighted by Crippen LogP contribution is 2.43. The molecule has 1 fully saturated rings. The predicted molar refractivity (Wildman–Crippen MR) is 255 cm³/mol. The number of hydrogen-bond donors (Lipinski definition) is 1. The zero-order valence-corrected chi connectivity index (χ0v) is 41.9. The van der Waals surface area contributed by atoms with E-state index in [1.807, 2.05) is 54.6 Å². The summed E-state index contributed by atoms with van der Waals surface area (Å²) in [6.07, 6.45) is 4.71. The monoisotopic (exact) mass is 865 g/mol. The summed E-state index contributed by atoms with van der Waals surface area (Å²) in [5.74, 6) is 4.56. The van der Waals surface area contributed by atoms with Crippen LogP contribution in [0.4, 0.5) is 5.69 Å². The van der Waals surface area contributed by atoms with Crippen molar-refractivity contribution in [1.29, 1.82) is 0 Å². The summed E-state index contributed by atoms with van der Waals surface area (Å²) in [6.45, 7) is 28.7. The van der Waals surface area contributed by atoms with Crippen LogP contribution in [0.15, 0.2) is 54.8 Å². The molecule has 58 heavy (non-hydrogen) atoms. The highest BCUT2D eigenvalue weighted by atomic mass is 32.1. The van der Waals surface area contributed by atoms with Crippen molar-refractivity contribution >= 4 is 59.6 Å². The summed E-state index contributed by atoms with van der Waals surface area (Å²) < 4.78 is 32.1. The quantitative estimate of drug-likeness (QED) is 0.0412. The van der Waals surface area contributed by atoms with E-state index in [4.69, 9.17) is 35.3 Å². The first-order chi connectivity index (χ1) is 27.6. The van der Waals surface area contributed by atoms with Crippen molar-refractivity contribution in [3.05, 3.63) is 60.4 Å². The molecule has 1 heterocycles.